The highest BCUT2D eigenvalue weighted by atomic mass is 32.2. The normalized spacial score (nSPS) is 11.2. The number of rotatable bonds is 6. The second-order valence-electron chi connectivity index (χ2n) is 5.61. The summed E-state index contributed by atoms with van der Waals surface area (Å²) in [7, 11) is -0.258. The highest BCUT2D eigenvalue weighted by Gasteiger charge is 2.17. The fourth-order valence-electron chi connectivity index (χ4n) is 2.21. The van der Waals surface area contributed by atoms with Gasteiger partial charge in [-0.05, 0) is 23.8 Å². The van der Waals surface area contributed by atoms with Crippen molar-refractivity contribution < 1.29 is 13.2 Å². The predicted molar refractivity (Wildman–Crippen MR) is 93.6 cm³/mol. The molecule has 0 aliphatic carbocycles. The molecular formula is C17H20N2O4S. The molecule has 2 rings (SSSR count). The van der Waals surface area contributed by atoms with E-state index in [-0.39, 0.29) is 29.4 Å². The zero-order valence-corrected chi connectivity index (χ0v) is 14.5. The molecule has 0 spiro atoms. The maximum atomic E-state index is 12.2. The van der Waals surface area contributed by atoms with Gasteiger partial charge in [0.2, 0.25) is 5.91 Å². The lowest BCUT2D eigenvalue weighted by molar-refractivity contribution is -0.117. The predicted octanol–water partition coefficient (Wildman–Crippen LogP) is 1.35. The molecule has 7 heteroatoms. The first-order valence-corrected chi connectivity index (χ1v) is 9.28. The Kier molecular flexibility index (Phi) is 5.56. The standard InChI is InChI=1S/C17H20N2O4S/c1-18-10-8-14(12-17(18)21)13-24(22,23)11-9-16(20)19(2)15-6-4-3-5-7-15/h3-8,10,12H,9,11,13H2,1-2H3. The van der Waals surface area contributed by atoms with E-state index in [9.17, 15) is 18.0 Å². The lowest BCUT2D eigenvalue weighted by atomic mass is 10.3. The number of amides is 1. The molecule has 0 radical (unpaired) electrons. The Morgan fingerprint density at radius 2 is 1.83 bits per heavy atom. The molecule has 0 saturated heterocycles. The van der Waals surface area contributed by atoms with E-state index in [2.05, 4.69) is 0 Å². The average molecular weight is 348 g/mol. The van der Waals surface area contributed by atoms with Crippen molar-refractivity contribution in [1.82, 2.24) is 4.57 Å². The molecule has 2 aromatic rings. The van der Waals surface area contributed by atoms with Crippen molar-refractivity contribution in [3.63, 3.8) is 0 Å². The van der Waals surface area contributed by atoms with Crippen LogP contribution in [0.15, 0.2) is 53.5 Å². The van der Waals surface area contributed by atoms with Crippen molar-refractivity contribution in [2.24, 2.45) is 7.05 Å². The maximum absolute atomic E-state index is 12.2. The third-order valence-electron chi connectivity index (χ3n) is 3.70. The second-order valence-corrected chi connectivity index (χ2v) is 7.80. The molecule has 1 amide bonds. The number of aryl methyl sites for hydroxylation is 1. The van der Waals surface area contributed by atoms with Gasteiger partial charge in [0.25, 0.3) is 5.56 Å². The average Bonchev–Trinajstić information content (AvgIpc) is 2.56. The highest BCUT2D eigenvalue weighted by Crippen LogP contribution is 2.13. The Morgan fingerprint density at radius 1 is 1.17 bits per heavy atom. The molecule has 1 heterocycles. The molecule has 1 aromatic carbocycles. The van der Waals surface area contributed by atoms with E-state index in [0.717, 1.165) is 0 Å². The van der Waals surface area contributed by atoms with Crippen LogP contribution in [-0.2, 0) is 27.4 Å². The number of sulfone groups is 1. The SMILES string of the molecule is CN(C(=O)CCS(=O)(=O)Cc1ccn(C)c(=O)c1)c1ccccc1. The molecule has 128 valence electrons. The van der Waals surface area contributed by atoms with Crippen LogP contribution in [0.5, 0.6) is 0 Å². The molecule has 0 saturated carbocycles. The number of anilines is 1. The third kappa shape index (κ3) is 4.79. The van der Waals surface area contributed by atoms with Gasteiger partial charge in [-0.3, -0.25) is 9.59 Å². The van der Waals surface area contributed by atoms with Crippen molar-refractivity contribution in [3.05, 3.63) is 64.6 Å². The Morgan fingerprint density at radius 3 is 2.46 bits per heavy atom. The summed E-state index contributed by atoms with van der Waals surface area (Å²) in [4.78, 5) is 25.1. The van der Waals surface area contributed by atoms with Crippen LogP contribution in [0.1, 0.15) is 12.0 Å². The molecule has 0 atom stereocenters. The van der Waals surface area contributed by atoms with Crippen molar-refractivity contribution >= 4 is 21.4 Å². The van der Waals surface area contributed by atoms with Gasteiger partial charge < -0.3 is 9.47 Å². The van der Waals surface area contributed by atoms with Gasteiger partial charge in [0.1, 0.15) is 0 Å². The number of pyridine rings is 1. The first-order valence-electron chi connectivity index (χ1n) is 7.46. The molecule has 0 bridgehead atoms. The lowest BCUT2D eigenvalue weighted by Gasteiger charge is -2.17. The number of hydrogen-bond acceptors (Lipinski definition) is 4. The summed E-state index contributed by atoms with van der Waals surface area (Å²) in [6, 6.07) is 11.9. The summed E-state index contributed by atoms with van der Waals surface area (Å²) in [6.45, 7) is 0. The monoisotopic (exact) mass is 348 g/mol. The van der Waals surface area contributed by atoms with Crippen LogP contribution in [-0.4, -0.2) is 31.7 Å². The minimum atomic E-state index is -3.47. The van der Waals surface area contributed by atoms with E-state index in [0.29, 0.717) is 11.3 Å². The summed E-state index contributed by atoms with van der Waals surface area (Å²) in [5.74, 6) is -0.766. The van der Waals surface area contributed by atoms with Gasteiger partial charge in [-0.2, -0.15) is 0 Å². The van der Waals surface area contributed by atoms with Crippen LogP contribution in [0.2, 0.25) is 0 Å². The number of aromatic nitrogens is 1. The zero-order chi connectivity index (χ0) is 17.7. The quantitative estimate of drug-likeness (QED) is 0.790. The van der Waals surface area contributed by atoms with Crippen LogP contribution in [0, 0.1) is 0 Å². The van der Waals surface area contributed by atoms with E-state index in [4.69, 9.17) is 0 Å². The summed E-state index contributed by atoms with van der Waals surface area (Å²) < 4.78 is 25.7. The molecule has 0 unspecified atom stereocenters. The largest absolute Gasteiger partial charge is 0.319 e. The van der Waals surface area contributed by atoms with Crippen LogP contribution in [0.4, 0.5) is 5.69 Å². The topological polar surface area (TPSA) is 76.5 Å². The second kappa shape index (κ2) is 7.44. The van der Waals surface area contributed by atoms with E-state index in [1.165, 1.54) is 21.7 Å². The van der Waals surface area contributed by atoms with E-state index in [1.807, 2.05) is 18.2 Å². The molecule has 1 aromatic heterocycles. The van der Waals surface area contributed by atoms with Crippen molar-refractivity contribution in [2.45, 2.75) is 12.2 Å². The number of carbonyl (C=O) groups is 1. The molecule has 24 heavy (non-hydrogen) atoms. The smallest absolute Gasteiger partial charge is 0.250 e. The number of para-hydroxylation sites is 1. The number of benzene rings is 1. The van der Waals surface area contributed by atoms with Gasteiger partial charge in [0.05, 0.1) is 11.5 Å². The summed E-state index contributed by atoms with van der Waals surface area (Å²) >= 11 is 0. The zero-order valence-electron chi connectivity index (χ0n) is 13.7. The van der Waals surface area contributed by atoms with E-state index < -0.39 is 9.84 Å². The summed E-state index contributed by atoms with van der Waals surface area (Å²) in [5.41, 5.74) is 0.885. The van der Waals surface area contributed by atoms with Crippen LogP contribution < -0.4 is 10.5 Å². The first-order chi connectivity index (χ1) is 11.3. The van der Waals surface area contributed by atoms with E-state index in [1.54, 1.807) is 32.3 Å². The molecule has 0 aliphatic rings. The lowest BCUT2D eigenvalue weighted by Crippen LogP contribution is -2.28. The van der Waals surface area contributed by atoms with Crippen LogP contribution in [0.25, 0.3) is 0 Å². The first kappa shape index (κ1) is 17.9. The van der Waals surface area contributed by atoms with Crippen molar-refractivity contribution in [2.75, 3.05) is 17.7 Å². The number of nitrogens with zero attached hydrogens (tertiary/aromatic N) is 2. The van der Waals surface area contributed by atoms with Gasteiger partial charge in [-0.1, -0.05) is 18.2 Å². The van der Waals surface area contributed by atoms with Gasteiger partial charge in [0, 0.05) is 38.5 Å². The fraction of sp³-hybridized carbons (Fsp3) is 0.294. The molecule has 0 N–H and O–H groups in total. The minimum Gasteiger partial charge on any atom is -0.319 e. The molecule has 0 fully saturated rings. The minimum absolute atomic E-state index is 0.0986. The Hall–Kier alpha value is -2.41. The molecule has 6 nitrogen and oxygen atoms in total. The fourth-order valence-corrected chi connectivity index (χ4v) is 3.53. The van der Waals surface area contributed by atoms with Crippen LogP contribution >= 0.6 is 0 Å². The van der Waals surface area contributed by atoms with Gasteiger partial charge >= 0.3 is 0 Å². The van der Waals surface area contributed by atoms with Crippen LogP contribution in [0.3, 0.4) is 0 Å². The third-order valence-corrected chi connectivity index (χ3v) is 5.30. The van der Waals surface area contributed by atoms with Crippen molar-refractivity contribution in [3.8, 4) is 0 Å². The van der Waals surface area contributed by atoms with E-state index >= 15 is 0 Å². The maximum Gasteiger partial charge on any atom is 0.250 e. The number of carbonyl (C=O) groups excluding carboxylic acids is 1. The molecule has 0 aliphatic heterocycles. The highest BCUT2D eigenvalue weighted by molar-refractivity contribution is 7.90. The van der Waals surface area contributed by atoms with Gasteiger partial charge in [-0.25, -0.2) is 8.42 Å². The summed E-state index contributed by atoms with van der Waals surface area (Å²) in [6.07, 6.45) is 1.43. The summed E-state index contributed by atoms with van der Waals surface area (Å²) in [5, 5.41) is 0. The molecular weight excluding hydrogens is 328 g/mol. The number of hydrogen-bond donors (Lipinski definition) is 0. The Labute approximate surface area is 141 Å². The Balaban J connectivity index is 1.98. The van der Waals surface area contributed by atoms with Crippen molar-refractivity contribution in [1.29, 1.82) is 0 Å². The van der Waals surface area contributed by atoms with Gasteiger partial charge in [0.15, 0.2) is 9.84 Å². The van der Waals surface area contributed by atoms with Gasteiger partial charge in [-0.15, -0.1) is 0 Å². The Bertz CT molecular complexity index is 873.